The number of alkyl halides is 3. The van der Waals surface area contributed by atoms with Crippen LogP contribution in [0.25, 0.3) is 11.1 Å². The van der Waals surface area contributed by atoms with Gasteiger partial charge in [0.2, 0.25) is 0 Å². The zero-order valence-electron chi connectivity index (χ0n) is 16.0. The van der Waals surface area contributed by atoms with Gasteiger partial charge in [-0.05, 0) is 36.2 Å². The van der Waals surface area contributed by atoms with Crippen LogP contribution >= 0.6 is 0 Å². The van der Waals surface area contributed by atoms with Crippen LogP contribution in [-0.2, 0) is 11.8 Å². The van der Waals surface area contributed by atoms with E-state index in [2.05, 4.69) is 10.1 Å². The van der Waals surface area contributed by atoms with Crippen LogP contribution in [0.1, 0.15) is 19.4 Å². The van der Waals surface area contributed by atoms with Crippen molar-refractivity contribution in [2.24, 2.45) is 7.05 Å². The maximum Gasteiger partial charge on any atom is 0.522 e. The van der Waals surface area contributed by atoms with Crippen molar-refractivity contribution in [3.8, 4) is 11.1 Å². The number of nitro benzene ring substituents is 1. The summed E-state index contributed by atoms with van der Waals surface area (Å²) >= 11 is 0. The van der Waals surface area contributed by atoms with Crippen molar-refractivity contribution < 1.29 is 22.8 Å². The zero-order chi connectivity index (χ0) is 21.5. The normalized spacial score (nSPS) is 10.8. The fraction of sp³-hybridized carbons (Fsp3) is 0.389. The maximum absolute atomic E-state index is 12.0. The van der Waals surface area contributed by atoms with Crippen molar-refractivity contribution in [2.45, 2.75) is 27.1 Å². The summed E-state index contributed by atoms with van der Waals surface area (Å²) < 4.78 is 41.0. The van der Waals surface area contributed by atoms with Crippen molar-refractivity contribution in [1.29, 1.82) is 0 Å². The number of nitrogens with zero attached hydrogens (tertiary/aromatic N) is 2. The van der Waals surface area contributed by atoms with Crippen LogP contribution in [0.2, 0.25) is 0 Å². The van der Waals surface area contributed by atoms with Gasteiger partial charge in [-0.3, -0.25) is 19.6 Å². The van der Waals surface area contributed by atoms with Crippen LogP contribution in [0, 0.1) is 17.0 Å². The quantitative estimate of drug-likeness (QED) is 0.444. The lowest BCUT2D eigenvalue weighted by Crippen LogP contribution is -2.19. The molecule has 0 unspecified atom stereocenters. The van der Waals surface area contributed by atoms with Gasteiger partial charge >= 0.3 is 6.36 Å². The molecule has 28 heavy (non-hydrogen) atoms. The maximum atomic E-state index is 12.0. The number of rotatable bonds is 6. The lowest BCUT2D eigenvalue weighted by Gasteiger charge is -2.12. The number of hydrogen-bond donors (Lipinski definition) is 1. The van der Waals surface area contributed by atoms with Gasteiger partial charge in [0.05, 0.1) is 11.5 Å². The molecule has 1 heterocycles. The Kier molecular flexibility index (Phi) is 8.17. The second-order valence-corrected chi connectivity index (χ2v) is 5.54. The van der Waals surface area contributed by atoms with Gasteiger partial charge < -0.3 is 9.88 Å². The number of aryl methyl sites for hydroxylation is 2. The summed E-state index contributed by atoms with van der Waals surface area (Å²) in [6.07, 6.45) is -3.19. The van der Waals surface area contributed by atoms with Crippen LogP contribution in [-0.4, -0.2) is 29.0 Å². The Balaban J connectivity index is 0.00000190. The summed E-state index contributed by atoms with van der Waals surface area (Å²) in [5, 5.41) is 13.7. The third-order valence-electron chi connectivity index (χ3n) is 3.57. The average molecular weight is 401 g/mol. The largest absolute Gasteiger partial charge is 0.522 e. The van der Waals surface area contributed by atoms with E-state index in [0.717, 1.165) is 0 Å². The van der Waals surface area contributed by atoms with Gasteiger partial charge in [-0.2, -0.15) is 0 Å². The first-order valence-electron chi connectivity index (χ1n) is 8.49. The molecule has 10 heteroatoms. The third-order valence-corrected chi connectivity index (χ3v) is 3.57. The zero-order valence-corrected chi connectivity index (χ0v) is 16.0. The molecule has 1 aromatic heterocycles. The first-order chi connectivity index (χ1) is 13.1. The highest BCUT2D eigenvalue weighted by Crippen LogP contribution is 2.30. The van der Waals surface area contributed by atoms with E-state index in [1.54, 1.807) is 26.2 Å². The molecule has 0 saturated heterocycles. The Labute approximate surface area is 159 Å². The summed E-state index contributed by atoms with van der Waals surface area (Å²) in [6.45, 7) is 4.69. The Bertz CT molecular complexity index is 853. The van der Waals surface area contributed by atoms with Gasteiger partial charge in [-0.25, -0.2) is 0 Å². The minimum Gasteiger partial charge on any atom is -0.377 e. The number of aromatic nitrogens is 1. The molecule has 0 radical (unpaired) electrons. The van der Waals surface area contributed by atoms with E-state index >= 15 is 0 Å². The predicted octanol–water partition coefficient (Wildman–Crippen LogP) is 4.24. The molecule has 0 fully saturated rings. The number of benzene rings is 1. The first kappa shape index (κ1) is 23.2. The number of anilines is 1. The minimum absolute atomic E-state index is 0.0600. The Morgan fingerprint density at radius 3 is 2.39 bits per heavy atom. The minimum atomic E-state index is -4.76. The SMILES string of the molecule is CC.Cc1cc(-c2ccc([N+](=O)[O-])c(NCCOC(F)(F)F)c2)cn(C)c1=O. The van der Waals surface area contributed by atoms with Crippen molar-refractivity contribution in [1.82, 2.24) is 4.57 Å². The highest BCUT2D eigenvalue weighted by Gasteiger charge is 2.28. The number of pyridine rings is 1. The second kappa shape index (κ2) is 9.88. The molecule has 0 saturated carbocycles. The highest BCUT2D eigenvalue weighted by atomic mass is 19.4. The standard InChI is InChI=1S/C16H16F3N3O4.C2H6/c1-10-7-12(9-21(2)15(10)23)11-3-4-14(22(24)25)13(8-11)20-5-6-26-16(17,18)19;1-2/h3-4,7-9,20H,5-6H2,1-2H3;1-2H3. The molecule has 7 nitrogen and oxygen atoms in total. The lowest BCUT2D eigenvalue weighted by atomic mass is 10.0. The predicted molar refractivity (Wildman–Crippen MR) is 100 cm³/mol. The lowest BCUT2D eigenvalue weighted by molar-refractivity contribution is -0.384. The molecule has 1 aromatic carbocycles. The van der Waals surface area contributed by atoms with Gasteiger partial charge in [-0.15, -0.1) is 13.2 Å². The molecule has 154 valence electrons. The fourth-order valence-corrected chi connectivity index (χ4v) is 2.40. The van der Waals surface area contributed by atoms with Crippen LogP contribution < -0.4 is 10.9 Å². The molecule has 0 aliphatic rings. The molecule has 0 spiro atoms. The molecule has 0 aliphatic heterocycles. The molecular weight excluding hydrogens is 379 g/mol. The summed E-state index contributed by atoms with van der Waals surface area (Å²) in [5.41, 5.74) is 1.34. The molecule has 0 bridgehead atoms. The van der Waals surface area contributed by atoms with Crippen LogP contribution in [0.15, 0.2) is 35.3 Å². The number of ether oxygens (including phenoxy) is 1. The van der Waals surface area contributed by atoms with E-state index < -0.39 is 17.9 Å². The third kappa shape index (κ3) is 6.38. The van der Waals surface area contributed by atoms with E-state index in [1.807, 2.05) is 13.8 Å². The van der Waals surface area contributed by atoms with Crippen molar-refractivity contribution >= 4 is 11.4 Å². The molecular formula is C18H22F3N3O4. The van der Waals surface area contributed by atoms with Gasteiger partial charge in [0.1, 0.15) is 5.69 Å². The van der Waals surface area contributed by atoms with E-state index in [4.69, 9.17) is 0 Å². The number of nitrogens with one attached hydrogen (secondary N) is 1. The number of halogens is 3. The Morgan fingerprint density at radius 1 is 1.21 bits per heavy atom. The van der Waals surface area contributed by atoms with Crippen molar-refractivity contribution in [3.63, 3.8) is 0 Å². The van der Waals surface area contributed by atoms with E-state index in [-0.39, 0.29) is 23.5 Å². The molecule has 1 N–H and O–H groups in total. The molecule has 2 rings (SSSR count). The summed E-state index contributed by atoms with van der Waals surface area (Å²) in [7, 11) is 1.58. The van der Waals surface area contributed by atoms with Crippen LogP contribution in [0.5, 0.6) is 0 Å². The van der Waals surface area contributed by atoms with E-state index in [1.165, 1.54) is 22.8 Å². The van der Waals surface area contributed by atoms with E-state index in [9.17, 15) is 28.1 Å². The van der Waals surface area contributed by atoms with Crippen molar-refractivity contribution in [2.75, 3.05) is 18.5 Å². The number of hydrogen-bond acceptors (Lipinski definition) is 5. The molecule has 0 amide bonds. The van der Waals surface area contributed by atoms with Gasteiger partial charge in [-0.1, -0.05) is 13.8 Å². The summed E-state index contributed by atoms with van der Waals surface area (Å²) in [4.78, 5) is 22.3. The first-order valence-corrected chi connectivity index (χ1v) is 8.49. The Hall–Kier alpha value is -2.88. The second-order valence-electron chi connectivity index (χ2n) is 5.54. The summed E-state index contributed by atoms with van der Waals surface area (Å²) in [5.74, 6) is 0. The van der Waals surface area contributed by atoms with Gasteiger partial charge in [0, 0.05) is 31.4 Å². The number of nitro groups is 1. The summed E-state index contributed by atoms with van der Waals surface area (Å²) in [6, 6.07) is 5.85. The Morgan fingerprint density at radius 2 is 1.86 bits per heavy atom. The highest BCUT2D eigenvalue weighted by molar-refractivity contribution is 5.74. The van der Waals surface area contributed by atoms with Gasteiger partial charge in [0.15, 0.2) is 0 Å². The average Bonchev–Trinajstić information content (AvgIpc) is 2.63. The molecule has 0 aliphatic carbocycles. The topological polar surface area (TPSA) is 86.4 Å². The smallest absolute Gasteiger partial charge is 0.377 e. The van der Waals surface area contributed by atoms with E-state index in [0.29, 0.717) is 16.7 Å². The monoisotopic (exact) mass is 401 g/mol. The fourth-order valence-electron chi connectivity index (χ4n) is 2.40. The van der Waals surface area contributed by atoms with Crippen LogP contribution in [0.4, 0.5) is 24.5 Å². The van der Waals surface area contributed by atoms with Crippen molar-refractivity contribution in [3.05, 3.63) is 56.5 Å². The van der Waals surface area contributed by atoms with Gasteiger partial charge in [0.25, 0.3) is 11.2 Å². The van der Waals surface area contributed by atoms with Crippen LogP contribution in [0.3, 0.4) is 0 Å². The molecule has 0 atom stereocenters. The molecule has 2 aromatic rings.